The second-order valence-electron chi connectivity index (χ2n) is 9.92. The summed E-state index contributed by atoms with van der Waals surface area (Å²) in [5.41, 5.74) is 0.0530. The van der Waals surface area contributed by atoms with Gasteiger partial charge in [-0.3, -0.25) is 0 Å². The van der Waals surface area contributed by atoms with Crippen LogP contribution in [0, 0.1) is 0 Å². The van der Waals surface area contributed by atoms with Crippen LogP contribution in [0.3, 0.4) is 0 Å². The van der Waals surface area contributed by atoms with Crippen LogP contribution in [0.5, 0.6) is 0 Å². The Balaban J connectivity index is 1.63. The number of nitrogens with one attached hydrogen (secondary N) is 2. The number of anilines is 1. The van der Waals surface area contributed by atoms with Gasteiger partial charge in [0.25, 0.3) is 0 Å². The summed E-state index contributed by atoms with van der Waals surface area (Å²) in [6, 6.07) is 5.49. The van der Waals surface area contributed by atoms with Crippen molar-refractivity contribution in [1.82, 2.24) is 29.1 Å². The zero-order valence-electron chi connectivity index (χ0n) is 22.0. The number of hydrogen-bond donors (Lipinski definition) is 2. The normalized spacial score (nSPS) is 16.5. The fourth-order valence-corrected chi connectivity index (χ4v) is 5.87. The fraction of sp³-hybridized carbons (Fsp3) is 0.480. The molecule has 0 amide bonds. The van der Waals surface area contributed by atoms with Gasteiger partial charge in [-0.05, 0) is 31.4 Å². The highest BCUT2D eigenvalue weighted by atomic mass is 35.5. The van der Waals surface area contributed by atoms with Gasteiger partial charge < -0.3 is 15.2 Å². The van der Waals surface area contributed by atoms with E-state index in [1.54, 1.807) is 10.6 Å². The van der Waals surface area contributed by atoms with E-state index < -0.39 is 21.8 Å². The average molecular weight is 586 g/mol. The summed E-state index contributed by atoms with van der Waals surface area (Å²) in [6.07, 6.45) is 0.989. The number of halogens is 4. The van der Waals surface area contributed by atoms with Crippen LogP contribution < -0.4 is 10.6 Å². The van der Waals surface area contributed by atoms with Crippen molar-refractivity contribution in [2.45, 2.75) is 57.9 Å². The SMILES string of the molecule is CC(C)NC(C)c1cccc(-n2cnc(-c3nc(NC4CCN(S(C)(=O)=O)CC4)ncc3C(F)(F)F)c2)c1Cl. The molecule has 2 N–H and O–H groups in total. The Kier molecular flexibility index (Phi) is 8.55. The molecule has 2 aromatic heterocycles. The highest BCUT2D eigenvalue weighted by Gasteiger charge is 2.36. The first-order chi connectivity index (χ1) is 18.2. The maximum Gasteiger partial charge on any atom is 0.420 e. The second kappa shape index (κ2) is 11.4. The monoisotopic (exact) mass is 585 g/mol. The Morgan fingerprint density at radius 3 is 2.44 bits per heavy atom. The third-order valence-electron chi connectivity index (χ3n) is 6.51. The van der Waals surface area contributed by atoms with E-state index in [0.717, 1.165) is 18.0 Å². The van der Waals surface area contributed by atoms with Gasteiger partial charge in [-0.25, -0.2) is 27.7 Å². The first-order valence-electron chi connectivity index (χ1n) is 12.5. The molecule has 1 aromatic carbocycles. The number of aromatic nitrogens is 4. The zero-order valence-corrected chi connectivity index (χ0v) is 23.6. The first kappa shape index (κ1) is 29.2. The lowest BCUT2D eigenvalue weighted by molar-refractivity contribution is -0.137. The van der Waals surface area contributed by atoms with E-state index >= 15 is 0 Å². The van der Waals surface area contributed by atoms with E-state index in [2.05, 4.69) is 25.6 Å². The van der Waals surface area contributed by atoms with Gasteiger partial charge in [0.05, 0.1) is 17.0 Å². The smallest absolute Gasteiger partial charge is 0.351 e. The van der Waals surface area contributed by atoms with Gasteiger partial charge in [-0.2, -0.15) is 13.2 Å². The van der Waals surface area contributed by atoms with Crippen LogP contribution in [-0.4, -0.2) is 63.7 Å². The lowest BCUT2D eigenvalue weighted by atomic mass is 10.1. The number of piperidine rings is 1. The molecular weight excluding hydrogens is 555 g/mol. The Morgan fingerprint density at radius 2 is 1.82 bits per heavy atom. The van der Waals surface area contributed by atoms with Crippen molar-refractivity contribution in [3.8, 4) is 17.1 Å². The number of sulfonamides is 1. The molecular formula is C25H31ClF3N7O2S. The van der Waals surface area contributed by atoms with Crippen molar-refractivity contribution in [2.24, 2.45) is 0 Å². The quantitative estimate of drug-likeness (QED) is 0.387. The van der Waals surface area contributed by atoms with Gasteiger partial charge in [-0.15, -0.1) is 0 Å². The predicted molar refractivity (Wildman–Crippen MR) is 144 cm³/mol. The lowest BCUT2D eigenvalue weighted by Crippen LogP contribution is -2.42. The number of rotatable bonds is 8. The average Bonchev–Trinajstić information content (AvgIpc) is 3.33. The number of alkyl halides is 3. The molecule has 1 saturated heterocycles. The van der Waals surface area contributed by atoms with Crippen LogP contribution in [0.25, 0.3) is 17.1 Å². The van der Waals surface area contributed by atoms with Crippen LogP contribution in [0.2, 0.25) is 5.02 Å². The van der Waals surface area contributed by atoms with Crippen molar-refractivity contribution in [3.63, 3.8) is 0 Å². The van der Waals surface area contributed by atoms with Crippen molar-refractivity contribution < 1.29 is 21.6 Å². The van der Waals surface area contributed by atoms with E-state index in [4.69, 9.17) is 11.6 Å². The van der Waals surface area contributed by atoms with Crippen LogP contribution >= 0.6 is 11.6 Å². The zero-order chi connectivity index (χ0) is 28.5. The Hall–Kier alpha value is -2.74. The van der Waals surface area contributed by atoms with Gasteiger partial charge in [0.15, 0.2) is 0 Å². The van der Waals surface area contributed by atoms with Crippen LogP contribution in [0.15, 0.2) is 36.9 Å². The largest absolute Gasteiger partial charge is 0.420 e. The molecule has 0 saturated carbocycles. The minimum Gasteiger partial charge on any atom is -0.351 e. The summed E-state index contributed by atoms with van der Waals surface area (Å²) in [5.74, 6) is 0.0129. The molecule has 1 aliphatic rings. The third-order valence-corrected chi connectivity index (χ3v) is 8.23. The first-order valence-corrected chi connectivity index (χ1v) is 14.7. The third kappa shape index (κ3) is 6.89. The Labute approximate surface area is 230 Å². The Bertz CT molecular complexity index is 1420. The highest BCUT2D eigenvalue weighted by Crippen LogP contribution is 2.36. The van der Waals surface area contributed by atoms with Gasteiger partial charge in [0, 0.05) is 43.6 Å². The van der Waals surface area contributed by atoms with Crippen LogP contribution in [-0.2, 0) is 16.2 Å². The van der Waals surface area contributed by atoms with E-state index in [-0.39, 0.29) is 35.5 Å². The van der Waals surface area contributed by atoms with Crippen molar-refractivity contribution >= 4 is 27.6 Å². The molecule has 9 nitrogen and oxygen atoms in total. The minimum atomic E-state index is -4.70. The molecule has 1 fully saturated rings. The summed E-state index contributed by atoms with van der Waals surface area (Å²) in [4.78, 5) is 12.3. The number of imidazole rings is 1. The molecule has 4 rings (SSSR count). The molecule has 3 heterocycles. The van der Waals surface area contributed by atoms with Gasteiger partial charge >= 0.3 is 6.18 Å². The fourth-order valence-electron chi connectivity index (χ4n) is 4.61. The second-order valence-corrected chi connectivity index (χ2v) is 12.3. The number of benzene rings is 1. The molecule has 0 bridgehead atoms. The standard InChI is InChI=1S/C25H31ClF3N7O2S/c1-15(2)32-16(3)18-6-5-7-21(22(18)26)35-13-20(31-14-35)23-19(25(27,28)29)12-30-24(34-23)33-17-8-10-36(11-9-17)39(4,37)38/h5-7,12-17,32H,8-11H2,1-4H3,(H,30,33,34). The van der Waals surface area contributed by atoms with Crippen molar-refractivity contribution in [3.05, 3.63) is 53.1 Å². The van der Waals surface area contributed by atoms with Crippen molar-refractivity contribution in [1.29, 1.82) is 0 Å². The van der Waals surface area contributed by atoms with Gasteiger partial charge in [-0.1, -0.05) is 37.6 Å². The maximum atomic E-state index is 13.9. The molecule has 1 aliphatic heterocycles. The number of hydrogen-bond acceptors (Lipinski definition) is 7. The summed E-state index contributed by atoms with van der Waals surface area (Å²) in [7, 11) is -3.30. The van der Waals surface area contributed by atoms with Gasteiger partial charge in [0.1, 0.15) is 23.3 Å². The maximum absolute atomic E-state index is 13.9. The highest BCUT2D eigenvalue weighted by molar-refractivity contribution is 7.88. The molecule has 0 spiro atoms. The molecule has 39 heavy (non-hydrogen) atoms. The summed E-state index contributed by atoms with van der Waals surface area (Å²) in [5, 5.41) is 6.90. The van der Waals surface area contributed by atoms with E-state index in [1.165, 1.54) is 16.8 Å². The molecule has 212 valence electrons. The lowest BCUT2D eigenvalue weighted by Gasteiger charge is -2.30. The summed E-state index contributed by atoms with van der Waals surface area (Å²) in [6.45, 7) is 6.65. The van der Waals surface area contributed by atoms with E-state index in [1.807, 2.05) is 32.9 Å². The number of nitrogens with zero attached hydrogens (tertiary/aromatic N) is 5. The van der Waals surface area contributed by atoms with Crippen LogP contribution in [0.1, 0.15) is 50.8 Å². The van der Waals surface area contributed by atoms with E-state index in [9.17, 15) is 21.6 Å². The molecule has 0 aliphatic carbocycles. The molecule has 3 aromatic rings. The molecule has 14 heteroatoms. The minimum absolute atomic E-state index is 0.00879. The molecule has 1 atom stereocenters. The Morgan fingerprint density at radius 1 is 1.13 bits per heavy atom. The van der Waals surface area contributed by atoms with E-state index in [0.29, 0.717) is 36.6 Å². The summed E-state index contributed by atoms with van der Waals surface area (Å²) >= 11 is 6.71. The van der Waals surface area contributed by atoms with Crippen molar-refractivity contribution in [2.75, 3.05) is 24.7 Å². The molecule has 0 radical (unpaired) electrons. The molecule has 1 unspecified atom stereocenters. The summed E-state index contributed by atoms with van der Waals surface area (Å²) < 4.78 is 68.1. The topological polar surface area (TPSA) is 105 Å². The predicted octanol–water partition coefficient (Wildman–Crippen LogP) is 4.90. The van der Waals surface area contributed by atoms with Crippen LogP contribution in [0.4, 0.5) is 19.1 Å². The van der Waals surface area contributed by atoms with Gasteiger partial charge in [0.2, 0.25) is 16.0 Å².